The van der Waals surface area contributed by atoms with Crippen molar-refractivity contribution in [3.05, 3.63) is 69.8 Å². The number of hydrogen-bond donors (Lipinski definition) is 2. The lowest BCUT2D eigenvalue weighted by molar-refractivity contribution is -0.141. The van der Waals surface area contributed by atoms with Crippen LogP contribution < -0.4 is 5.73 Å². The number of aromatic amines is 1. The Balaban J connectivity index is 1.58. The van der Waals surface area contributed by atoms with E-state index in [2.05, 4.69) is 9.72 Å². The van der Waals surface area contributed by atoms with Crippen LogP contribution in [0.15, 0.2) is 48.7 Å². The van der Waals surface area contributed by atoms with E-state index in [4.69, 9.17) is 33.7 Å². The highest BCUT2D eigenvalue weighted by Gasteiger charge is 2.22. The maximum atomic E-state index is 12.1. The van der Waals surface area contributed by atoms with Crippen LogP contribution in [0, 0.1) is 0 Å². The number of aromatic nitrogens is 1. The number of ether oxygens (including phenoxy) is 2. The van der Waals surface area contributed by atoms with Gasteiger partial charge in [-0.05, 0) is 23.3 Å². The van der Waals surface area contributed by atoms with Crippen molar-refractivity contribution in [1.82, 2.24) is 4.98 Å². The number of fused-ring (bicyclic) bond motifs is 1. The summed E-state index contributed by atoms with van der Waals surface area (Å²) in [5.74, 6) is -0.882. The van der Waals surface area contributed by atoms with Crippen molar-refractivity contribution in [3.63, 3.8) is 0 Å². The number of esters is 1. The summed E-state index contributed by atoms with van der Waals surface area (Å²) in [4.78, 5) is 26.8. The van der Waals surface area contributed by atoms with Crippen LogP contribution >= 0.6 is 23.2 Å². The average Bonchev–Trinajstić information content (AvgIpc) is 3.03. The van der Waals surface area contributed by atoms with E-state index in [9.17, 15) is 9.59 Å². The summed E-state index contributed by atoms with van der Waals surface area (Å²) in [6, 6.07) is 11.3. The topological polar surface area (TPSA) is 94.4 Å². The fourth-order valence-corrected chi connectivity index (χ4v) is 3.25. The van der Waals surface area contributed by atoms with Crippen LogP contribution in [0.4, 0.5) is 4.79 Å². The lowest BCUT2D eigenvalue weighted by atomic mass is 10.1. The van der Waals surface area contributed by atoms with E-state index < -0.39 is 18.2 Å². The van der Waals surface area contributed by atoms with Crippen molar-refractivity contribution < 1.29 is 19.1 Å². The van der Waals surface area contributed by atoms with Gasteiger partial charge in [0.2, 0.25) is 0 Å². The van der Waals surface area contributed by atoms with Crippen LogP contribution in [0.25, 0.3) is 10.9 Å². The minimum Gasteiger partial charge on any atom is -0.429 e. The zero-order chi connectivity index (χ0) is 19.4. The molecule has 0 aliphatic rings. The van der Waals surface area contributed by atoms with Crippen molar-refractivity contribution in [2.45, 2.75) is 19.1 Å². The molecule has 27 heavy (non-hydrogen) atoms. The maximum absolute atomic E-state index is 12.1. The first-order valence-electron chi connectivity index (χ1n) is 8.07. The highest BCUT2D eigenvalue weighted by molar-refractivity contribution is 6.38. The van der Waals surface area contributed by atoms with Gasteiger partial charge in [-0.1, -0.05) is 53.5 Å². The number of halogens is 2. The SMILES string of the molecule is NC(Cc1c[nH]c2cc(Cl)cc(Cl)c12)C(=O)OC(=O)OCc1ccccc1. The van der Waals surface area contributed by atoms with Crippen LogP contribution in [0.3, 0.4) is 0 Å². The van der Waals surface area contributed by atoms with Gasteiger partial charge in [-0.3, -0.25) is 0 Å². The predicted octanol–water partition coefficient (Wildman–Crippen LogP) is 4.22. The van der Waals surface area contributed by atoms with Crippen LogP contribution in [0.1, 0.15) is 11.1 Å². The summed E-state index contributed by atoms with van der Waals surface area (Å²) in [5.41, 5.74) is 8.09. The Morgan fingerprint density at radius 1 is 1.15 bits per heavy atom. The third kappa shape index (κ3) is 4.80. The fraction of sp³-hybridized carbons (Fsp3) is 0.158. The quantitative estimate of drug-likeness (QED) is 0.488. The van der Waals surface area contributed by atoms with E-state index in [1.165, 1.54) is 0 Å². The molecule has 0 aliphatic heterocycles. The second kappa shape index (κ2) is 8.43. The number of rotatable bonds is 5. The van der Waals surface area contributed by atoms with Gasteiger partial charge >= 0.3 is 12.1 Å². The van der Waals surface area contributed by atoms with Crippen LogP contribution in [-0.2, 0) is 27.3 Å². The lowest BCUT2D eigenvalue weighted by Gasteiger charge is -2.10. The molecular formula is C19H16Cl2N2O4. The molecule has 0 bridgehead atoms. The minimum atomic E-state index is -1.09. The molecule has 0 fully saturated rings. The summed E-state index contributed by atoms with van der Waals surface area (Å²) in [6.45, 7) is 0.000999. The van der Waals surface area contributed by atoms with Crippen LogP contribution in [0.5, 0.6) is 0 Å². The highest BCUT2D eigenvalue weighted by Crippen LogP contribution is 2.30. The molecule has 0 spiro atoms. The molecule has 0 radical (unpaired) electrons. The molecule has 3 rings (SSSR count). The molecule has 140 valence electrons. The molecule has 1 unspecified atom stereocenters. The van der Waals surface area contributed by atoms with Gasteiger partial charge in [-0.2, -0.15) is 0 Å². The lowest BCUT2D eigenvalue weighted by Crippen LogP contribution is -2.35. The van der Waals surface area contributed by atoms with E-state index in [-0.39, 0.29) is 13.0 Å². The molecule has 2 aromatic carbocycles. The zero-order valence-corrected chi connectivity index (χ0v) is 15.6. The summed E-state index contributed by atoms with van der Waals surface area (Å²) in [5, 5.41) is 1.65. The zero-order valence-electron chi connectivity index (χ0n) is 14.1. The van der Waals surface area contributed by atoms with Gasteiger partial charge in [0.25, 0.3) is 0 Å². The highest BCUT2D eigenvalue weighted by atomic mass is 35.5. The van der Waals surface area contributed by atoms with E-state index in [0.29, 0.717) is 15.6 Å². The van der Waals surface area contributed by atoms with E-state index in [1.54, 1.807) is 30.5 Å². The van der Waals surface area contributed by atoms with Gasteiger partial charge in [0, 0.05) is 28.5 Å². The molecule has 3 N–H and O–H groups in total. The van der Waals surface area contributed by atoms with E-state index >= 15 is 0 Å². The molecule has 0 saturated heterocycles. The molecular weight excluding hydrogens is 391 g/mol. The third-order valence-corrected chi connectivity index (χ3v) is 4.42. The summed E-state index contributed by atoms with van der Waals surface area (Å²) in [7, 11) is 0. The molecule has 8 heteroatoms. The molecule has 1 aromatic heterocycles. The Bertz CT molecular complexity index is 973. The Morgan fingerprint density at radius 3 is 2.63 bits per heavy atom. The van der Waals surface area contributed by atoms with Crippen LogP contribution in [0.2, 0.25) is 10.0 Å². The minimum absolute atomic E-state index is 0.000999. The molecule has 0 aliphatic carbocycles. The number of benzene rings is 2. The Labute approximate surface area is 165 Å². The van der Waals surface area contributed by atoms with Crippen LogP contribution in [-0.4, -0.2) is 23.2 Å². The standard InChI is InChI=1S/C19H16Cl2N2O4/c20-13-7-14(21)17-12(9-23-16(17)8-13)6-15(22)18(24)27-19(25)26-10-11-4-2-1-3-5-11/h1-5,7-9,15,23H,6,10,22H2. The number of carbonyl (C=O) groups is 2. The molecule has 1 heterocycles. The number of H-pyrrole nitrogens is 1. The molecule has 3 aromatic rings. The maximum Gasteiger partial charge on any atom is 0.516 e. The first-order valence-corrected chi connectivity index (χ1v) is 8.82. The van der Waals surface area contributed by atoms with Crippen molar-refractivity contribution in [2.75, 3.05) is 0 Å². The largest absolute Gasteiger partial charge is 0.516 e. The summed E-state index contributed by atoms with van der Waals surface area (Å²) >= 11 is 12.2. The average molecular weight is 407 g/mol. The molecule has 0 amide bonds. The number of nitrogens with one attached hydrogen (secondary N) is 1. The number of hydrogen-bond acceptors (Lipinski definition) is 5. The molecule has 6 nitrogen and oxygen atoms in total. The Morgan fingerprint density at radius 2 is 1.89 bits per heavy atom. The van der Waals surface area contributed by atoms with E-state index in [1.807, 2.05) is 18.2 Å². The summed E-state index contributed by atoms with van der Waals surface area (Å²) < 4.78 is 9.56. The molecule has 0 saturated carbocycles. The van der Waals surface area contributed by atoms with Crippen molar-refractivity contribution in [2.24, 2.45) is 5.73 Å². The second-order valence-electron chi connectivity index (χ2n) is 5.88. The van der Waals surface area contributed by atoms with Gasteiger partial charge in [0.05, 0.1) is 5.02 Å². The fourth-order valence-electron chi connectivity index (χ4n) is 2.64. The van der Waals surface area contributed by atoms with Gasteiger partial charge < -0.3 is 20.2 Å². The van der Waals surface area contributed by atoms with Gasteiger partial charge in [0.15, 0.2) is 0 Å². The van der Waals surface area contributed by atoms with Gasteiger partial charge in [-0.25, -0.2) is 9.59 Å². The normalized spacial score (nSPS) is 12.0. The predicted molar refractivity (Wildman–Crippen MR) is 103 cm³/mol. The molecule has 1 atom stereocenters. The Kier molecular flexibility index (Phi) is 6.01. The first kappa shape index (κ1) is 19.2. The van der Waals surface area contributed by atoms with Gasteiger partial charge in [-0.15, -0.1) is 0 Å². The second-order valence-corrected chi connectivity index (χ2v) is 6.72. The van der Waals surface area contributed by atoms with E-state index in [0.717, 1.165) is 16.5 Å². The summed E-state index contributed by atoms with van der Waals surface area (Å²) in [6.07, 6.45) is 0.725. The number of carbonyl (C=O) groups excluding carboxylic acids is 2. The smallest absolute Gasteiger partial charge is 0.429 e. The van der Waals surface area contributed by atoms with Crippen molar-refractivity contribution in [1.29, 1.82) is 0 Å². The van der Waals surface area contributed by atoms with Crippen molar-refractivity contribution >= 4 is 46.2 Å². The van der Waals surface area contributed by atoms with Gasteiger partial charge in [0.1, 0.15) is 12.6 Å². The third-order valence-electron chi connectivity index (χ3n) is 3.90. The first-order chi connectivity index (χ1) is 12.9. The monoisotopic (exact) mass is 406 g/mol. The Hall–Kier alpha value is -2.54. The number of nitrogens with two attached hydrogens (primary N) is 1. The van der Waals surface area contributed by atoms with Crippen molar-refractivity contribution in [3.8, 4) is 0 Å².